The van der Waals surface area contributed by atoms with E-state index in [1.54, 1.807) is 0 Å². The van der Waals surface area contributed by atoms with Crippen LogP contribution in [0.1, 0.15) is 30.5 Å². The van der Waals surface area contributed by atoms with E-state index in [-0.39, 0.29) is 0 Å². The zero-order valence-corrected chi connectivity index (χ0v) is 14.7. The summed E-state index contributed by atoms with van der Waals surface area (Å²) in [4.78, 5) is 5.74. The molecule has 3 rings (SSSR count). The molecule has 0 spiro atoms. The number of hydrogen-bond donors (Lipinski definition) is 2. The molecule has 1 heterocycles. The molecular weight excluding hydrogens is 294 g/mol. The van der Waals surface area contributed by atoms with Crippen molar-refractivity contribution in [3.8, 4) is 0 Å². The summed E-state index contributed by atoms with van der Waals surface area (Å²) in [6, 6.07) is 17.4. The average Bonchev–Trinajstić information content (AvgIpc) is 3.10. The van der Waals surface area contributed by atoms with Gasteiger partial charge >= 0.3 is 0 Å². The summed E-state index contributed by atoms with van der Waals surface area (Å²) >= 11 is 0. The number of nitrogens with zero attached hydrogens (tertiary/aromatic N) is 1. The molecule has 0 unspecified atom stereocenters. The first kappa shape index (κ1) is 16.7. The number of fused-ring (bicyclic) bond motifs is 1. The van der Waals surface area contributed by atoms with E-state index in [2.05, 4.69) is 77.6 Å². The maximum absolute atomic E-state index is 3.62. The molecule has 0 bridgehead atoms. The van der Waals surface area contributed by atoms with Crippen LogP contribution in [-0.2, 0) is 19.6 Å². The molecule has 2 aromatic carbocycles. The fourth-order valence-corrected chi connectivity index (χ4v) is 3.21. The molecule has 126 valence electrons. The van der Waals surface area contributed by atoms with Crippen LogP contribution in [0.3, 0.4) is 0 Å². The third-order valence-corrected chi connectivity index (χ3v) is 4.72. The first-order chi connectivity index (χ1) is 11.8. The Morgan fingerprint density at radius 1 is 0.833 bits per heavy atom. The number of H-pyrrole nitrogens is 1. The minimum absolute atomic E-state index is 0.884. The van der Waals surface area contributed by atoms with Crippen LogP contribution in [0.5, 0.6) is 0 Å². The molecule has 0 aliphatic rings. The van der Waals surface area contributed by atoms with Crippen molar-refractivity contribution >= 4 is 10.9 Å². The summed E-state index contributed by atoms with van der Waals surface area (Å²) in [5, 5.41) is 4.92. The van der Waals surface area contributed by atoms with Crippen molar-refractivity contribution in [3.63, 3.8) is 0 Å². The maximum atomic E-state index is 3.62. The Morgan fingerprint density at radius 3 is 2.33 bits per heavy atom. The van der Waals surface area contributed by atoms with Gasteiger partial charge in [0.05, 0.1) is 0 Å². The summed E-state index contributed by atoms with van der Waals surface area (Å²) in [7, 11) is 0. The topological polar surface area (TPSA) is 31.1 Å². The summed E-state index contributed by atoms with van der Waals surface area (Å²) in [6.07, 6.45) is 2.01. The average molecular weight is 321 g/mol. The second-order valence-electron chi connectivity index (χ2n) is 6.19. The molecule has 0 aliphatic heterocycles. The third kappa shape index (κ3) is 3.86. The second kappa shape index (κ2) is 8.13. The van der Waals surface area contributed by atoms with Gasteiger partial charge in [0.25, 0.3) is 0 Å². The fourth-order valence-electron chi connectivity index (χ4n) is 3.21. The lowest BCUT2D eigenvalue weighted by atomic mass is 10.1. The Morgan fingerprint density at radius 2 is 1.54 bits per heavy atom. The lowest BCUT2D eigenvalue weighted by Gasteiger charge is -2.20. The first-order valence-corrected chi connectivity index (χ1v) is 8.86. The molecule has 1 aromatic heterocycles. The van der Waals surface area contributed by atoms with Crippen molar-refractivity contribution in [2.75, 3.05) is 13.1 Å². The van der Waals surface area contributed by atoms with E-state index in [1.165, 1.54) is 27.6 Å². The standard InChI is InChI=1S/C21H27N3/c1-3-24(4-2)16-19-9-6-5-8-17(19)14-22-15-18-10-7-11-21-20(18)12-13-23-21/h5-13,22-23H,3-4,14-16H2,1-2H3. The van der Waals surface area contributed by atoms with E-state index in [4.69, 9.17) is 0 Å². The van der Waals surface area contributed by atoms with Crippen molar-refractivity contribution in [1.82, 2.24) is 15.2 Å². The minimum atomic E-state index is 0.884. The number of rotatable bonds is 8. The molecule has 3 heteroatoms. The van der Waals surface area contributed by atoms with Gasteiger partial charge in [-0.15, -0.1) is 0 Å². The van der Waals surface area contributed by atoms with E-state index in [0.29, 0.717) is 0 Å². The van der Waals surface area contributed by atoms with Crippen molar-refractivity contribution in [3.05, 3.63) is 71.4 Å². The quantitative estimate of drug-likeness (QED) is 0.648. The van der Waals surface area contributed by atoms with Crippen molar-refractivity contribution in [2.24, 2.45) is 0 Å². The molecular formula is C21H27N3. The highest BCUT2D eigenvalue weighted by molar-refractivity contribution is 5.82. The molecule has 0 aliphatic carbocycles. The maximum Gasteiger partial charge on any atom is 0.0457 e. The predicted octanol–water partition coefficient (Wildman–Crippen LogP) is 4.30. The molecule has 3 nitrogen and oxygen atoms in total. The van der Waals surface area contributed by atoms with Crippen LogP contribution in [0.4, 0.5) is 0 Å². The van der Waals surface area contributed by atoms with E-state index in [0.717, 1.165) is 32.7 Å². The van der Waals surface area contributed by atoms with Gasteiger partial charge in [0.15, 0.2) is 0 Å². The number of benzene rings is 2. The molecule has 0 fully saturated rings. The summed E-state index contributed by atoms with van der Waals surface area (Å²) < 4.78 is 0. The van der Waals surface area contributed by atoms with Crippen molar-refractivity contribution in [1.29, 1.82) is 0 Å². The Hall–Kier alpha value is -2.10. The van der Waals surface area contributed by atoms with Gasteiger partial charge in [0, 0.05) is 36.7 Å². The first-order valence-electron chi connectivity index (χ1n) is 8.86. The Balaban J connectivity index is 1.65. The highest BCUT2D eigenvalue weighted by atomic mass is 15.1. The van der Waals surface area contributed by atoms with E-state index >= 15 is 0 Å². The van der Waals surface area contributed by atoms with Crippen LogP contribution in [0, 0.1) is 0 Å². The van der Waals surface area contributed by atoms with Crippen LogP contribution in [0.15, 0.2) is 54.7 Å². The Kier molecular flexibility index (Phi) is 5.68. The van der Waals surface area contributed by atoms with Crippen molar-refractivity contribution in [2.45, 2.75) is 33.5 Å². The summed E-state index contributed by atoms with van der Waals surface area (Å²) in [6.45, 7) is 9.44. The van der Waals surface area contributed by atoms with Gasteiger partial charge in [-0.25, -0.2) is 0 Å². The van der Waals surface area contributed by atoms with E-state index in [1.807, 2.05) is 6.20 Å². The summed E-state index contributed by atoms with van der Waals surface area (Å²) in [5.74, 6) is 0. The highest BCUT2D eigenvalue weighted by Crippen LogP contribution is 2.17. The highest BCUT2D eigenvalue weighted by Gasteiger charge is 2.06. The van der Waals surface area contributed by atoms with E-state index in [9.17, 15) is 0 Å². The molecule has 24 heavy (non-hydrogen) atoms. The van der Waals surface area contributed by atoms with Crippen LogP contribution >= 0.6 is 0 Å². The smallest absolute Gasteiger partial charge is 0.0457 e. The third-order valence-electron chi connectivity index (χ3n) is 4.72. The number of aromatic nitrogens is 1. The number of nitrogens with one attached hydrogen (secondary N) is 2. The lowest BCUT2D eigenvalue weighted by molar-refractivity contribution is 0.294. The van der Waals surface area contributed by atoms with Gasteiger partial charge in [0.2, 0.25) is 0 Å². The molecule has 0 amide bonds. The molecule has 2 N–H and O–H groups in total. The van der Waals surface area contributed by atoms with Gasteiger partial charge in [0.1, 0.15) is 0 Å². The van der Waals surface area contributed by atoms with Gasteiger partial charge in [-0.05, 0) is 41.9 Å². The normalized spacial score (nSPS) is 11.5. The van der Waals surface area contributed by atoms with Crippen LogP contribution in [0.25, 0.3) is 10.9 Å². The monoisotopic (exact) mass is 321 g/mol. The predicted molar refractivity (Wildman–Crippen MR) is 102 cm³/mol. The zero-order chi connectivity index (χ0) is 16.8. The number of hydrogen-bond acceptors (Lipinski definition) is 2. The lowest BCUT2D eigenvalue weighted by Crippen LogP contribution is -2.23. The van der Waals surface area contributed by atoms with Crippen LogP contribution < -0.4 is 5.32 Å². The zero-order valence-electron chi connectivity index (χ0n) is 14.7. The van der Waals surface area contributed by atoms with Crippen molar-refractivity contribution < 1.29 is 0 Å². The fraction of sp³-hybridized carbons (Fsp3) is 0.333. The van der Waals surface area contributed by atoms with Gasteiger partial charge in [-0.2, -0.15) is 0 Å². The molecule has 3 aromatic rings. The molecule has 0 radical (unpaired) electrons. The van der Waals surface area contributed by atoms with Crippen LogP contribution in [-0.4, -0.2) is 23.0 Å². The SMILES string of the molecule is CCN(CC)Cc1ccccc1CNCc1cccc2[nH]ccc12. The minimum Gasteiger partial charge on any atom is -0.361 e. The Bertz CT molecular complexity index is 771. The van der Waals surface area contributed by atoms with Gasteiger partial charge in [-0.1, -0.05) is 50.2 Å². The van der Waals surface area contributed by atoms with E-state index < -0.39 is 0 Å². The van der Waals surface area contributed by atoms with Crippen LogP contribution in [0.2, 0.25) is 0 Å². The second-order valence-corrected chi connectivity index (χ2v) is 6.19. The summed E-state index contributed by atoms with van der Waals surface area (Å²) in [5.41, 5.74) is 5.37. The number of aromatic amines is 1. The van der Waals surface area contributed by atoms with Gasteiger partial charge < -0.3 is 10.3 Å². The largest absolute Gasteiger partial charge is 0.361 e. The Labute approximate surface area is 144 Å². The van der Waals surface area contributed by atoms with Gasteiger partial charge in [-0.3, -0.25) is 4.90 Å². The molecule has 0 saturated carbocycles. The molecule has 0 atom stereocenters. The molecule has 0 saturated heterocycles.